The Morgan fingerprint density at radius 3 is 2.44 bits per heavy atom. The summed E-state index contributed by atoms with van der Waals surface area (Å²) < 4.78 is 0. The molecule has 1 fully saturated rings. The zero-order chi connectivity index (χ0) is 13.5. The molecule has 0 spiro atoms. The minimum atomic E-state index is 0.630. The summed E-state index contributed by atoms with van der Waals surface area (Å²) in [6.45, 7) is 11.8. The van der Waals surface area contributed by atoms with E-state index in [0.29, 0.717) is 6.04 Å². The third-order valence-corrected chi connectivity index (χ3v) is 4.02. The normalized spacial score (nSPS) is 25.5. The largest absolute Gasteiger partial charge is 0.315 e. The van der Waals surface area contributed by atoms with Gasteiger partial charge in [-0.05, 0) is 45.9 Å². The van der Waals surface area contributed by atoms with Gasteiger partial charge in [0.05, 0.1) is 0 Å². The van der Waals surface area contributed by atoms with Crippen LogP contribution in [0.15, 0.2) is 0 Å². The molecule has 1 N–H and O–H groups in total. The van der Waals surface area contributed by atoms with Crippen molar-refractivity contribution in [2.24, 2.45) is 5.92 Å². The van der Waals surface area contributed by atoms with Crippen molar-refractivity contribution in [2.75, 3.05) is 40.3 Å². The Kier molecular flexibility index (Phi) is 7.20. The molecule has 3 nitrogen and oxygen atoms in total. The van der Waals surface area contributed by atoms with E-state index in [1.165, 1.54) is 45.4 Å². The molecule has 0 aromatic heterocycles. The molecular weight excluding hydrogens is 222 g/mol. The molecule has 1 aliphatic heterocycles. The van der Waals surface area contributed by atoms with Crippen LogP contribution in [0.2, 0.25) is 0 Å². The van der Waals surface area contributed by atoms with Gasteiger partial charge in [-0.25, -0.2) is 0 Å². The van der Waals surface area contributed by atoms with Crippen molar-refractivity contribution in [3.8, 4) is 0 Å². The van der Waals surface area contributed by atoms with Crippen molar-refractivity contribution in [1.82, 2.24) is 15.1 Å². The topological polar surface area (TPSA) is 18.5 Å². The monoisotopic (exact) mass is 255 g/mol. The first kappa shape index (κ1) is 15.9. The number of hydrogen-bond acceptors (Lipinski definition) is 3. The van der Waals surface area contributed by atoms with E-state index in [1.54, 1.807) is 0 Å². The van der Waals surface area contributed by atoms with Crippen LogP contribution in [0.5, 0.6) is 0 Å². The van der Waals surface area contributed by atoms with E-state index in [0.717, 1.165) is 12.0 Å². The number of rotatable bonds is 8. The Bertz CT molecular complexity index is 216. The smallest absolute Gasteiger partial charge is 0.0254 e. The SMILES string of the molecule is CC(C)NCCCCCN1CC(C)C(N(C)C)C1. The van der Waals surface area contributed by atoms with Crippen LogP contribution < -0.4 is 5.32 Å². The van der Waals surface area contributed by atoms with Crippen molar-refractivity contribution in [3.05, 3.63) is 0 Å². The molecule has 0 radical (unpaired) electrons. The lowest BCUT2D eigenvalue weighted by Gasteiger charge is -2.22. The van der Waals surface area contributed by atoms with Crippen LogP contribution in [0.25, 0.3) is 0 Å². The molecule has 1 rings (SSSR count). The molecule has 2 unspecified atom stereocenters. The van der Waals surface area contributed by atoms with Crippen LogP contribution in [0.4, 0.5) is 0 Å². The van der Waals surface area contributed by atoms with E-state index in [9.17, 15) is 0 Å². The summed E-state index contributed by atoms with van der Waals surface area (Å²) in [5, 5.41) is 3.48. The number of nitrogens with zero attached hydrogens (tertiary/aromatic N) is 2. The van der Waals surface area contributed by atoms with Crippen molar-refractivity contribution >= 4 is 0 Å². The molecule has 0 aliphatic carbocycles. The highest BCUT2D eigenvalue weighted by atomic mass is 15.2. The predicted octanol–water partition coefficient (Wildman–Crippen LogP) is 2.04. The average Bonchev–Trinajstić information content (AvgIpc) is 2.64. The first-order valence-corrected chi connectivity index (χ1v) is 7.63. The maximum Gasteiger partial charge on any atom is 0.0254 e. The van der Waals surface area contributed by atoms with Gasteiger partial charge in [0.15, 0.2) is 0 Å². The molecule has 108 valence electrons. The number of likely N-dealkylation sites (tertiary alicyclic amines) is 1. The van der Waals surface area contributed by atoms with Gasteiger partial charge in [0, 0.05) is 25.2 Å². The van der Waals surface area contributed by atoms with Crippen LogP contribution in [0.1, 0.15) is 40.0 Å². The third-order valence-electron chi connectivity index (χ3n) is 4.02. The van der Waals surface area contributed by atoms with Crippen LogP contribution in [-0.2, 0) is 0 Å². The first-order chi connectivity index (χ1) is 8.50. The zero-order valence-corrected chi connectivity index (χ0v) is 13.1. The maximum atomic E-state index is 3.48. The average molecular weight is 255 g/mol. The second kappa shape index (κ2) is 8.13. The fourth-order valence-corrected chi connectivity index (χ4v) is 2.93. The Hall–Kier alpha value is -0.120. The molecule has 0 bridgehead atoms. The van der Waals surface area contributed by atoms with Gasteiger partial charge in [0.25, 0.3) is 0 Å². The summed E-state index contributed by atoms with van der Waals surface area (Å²) in [5.74, 6) is 0.822. The molecular formula is C15H33N3. The lowest BCUT2D eigenvalue weighted by atomic mass is 10.1. The van der Waals surface area contributed by atoms with Crippen LogP contribution >= 0.6 is 0 Å². The fourth-order valence-electron chi connectivity index (χ4n) is 2.93. The first-order valence-electron chi connectivity index (χ1n) is 7.63. The molecule has 1 saturated heterocycles. The number of nitrogens with one attached hydrogen (secondary N) is 1. The Morgan fingerprint density at radius 1 is 1.17 bits per heavy atom. The number of likely N-dealkylation sites (N-methyl/N-ethyl adjacent to an activating group) is 1. The summed E-state index contributed by atoms with van der Waals surface area (Å²) >= 11 is 0. The zero-order valence-electron chi connectivity index (χ0n) is 13.1. The summed E-state index contributed by atoms with van der Waals surface area (Å²) in [6.07, 6.45) is 4.03. The van der Waals surface area contributed by atoms with Crippen molar-refractivity contribution in [3.63, 3.8) is 0 Å². The van der Waals surface area contributed by atoms with Gasteiger partial charge in [-0.2, -0.15) is 0 Å². The number of unbranched alkanes of at least 4 members (excludes halogenated alkanes) is 2. The van der Waals surface area contributed by atoms with E-state index in [-0.39, 0.29) is 0 Å². The lowest BCUT2D eigenvalue weighted by Crippen LogP contribution is -2.34. The summed E-state index contributed by atoms with van der Waals surface area (Å²) in [4.78, 5) is 5.03. The van der Waals surface area contributed by atoms with Crippen molar-refractivity contribution < 1.29 is 0 Å². The molecule has 0 amide bonds. The molecule has 0 aromatic rings. The minimum absolute atomic E-state index is 0.630. The third kappa shape index (κ3) is 5.68. The van der Waals surface area contributed by atoms with Gasteiger partial charge in [0.1, 0.15) is 0 Å². The highest BCUT2D eigenvalue weighted by Gasteiger charge is 2.30. The van der Waals surface area contributed by atoms with Gasteiger partial charge in [-0.1, -0.05) is 27.2 Å². The molecule has 0 aromatic carbocycles. The highest BCUT2D eigenvalue weighted by molar-refractivity contribution is 4.86. The standard InChI is InChI=1S/C15H33N3/c1-13(2)16-9-7-6-8-10-18-11-14(3)15(12-18)17(4)5/h13-16H,6-12H2,1-5H3. The van der Waals surface area contributed by atoms with Gasteiger partial charge >= 0.3 is 0 Å². The lowest BCUT2D eigenvalue weighted by molar-refractivity contribution is 0.251. The summed E-state index contributed by atoms with van der Waals surface area (Å²) in [6, 6.07) is 1.39. The molecule has 1 heterocycles. The van der Waals surface area contributed by atoms with Gasteiger partial charge in [-0.15, -0.1) is 0 Å². The van der Waals surface area contributed by atoms with Gasteiger partial charge < -0.3 is 15.1 Å². The van der Waals surface area contributed by atoms with E-state index in [1.807, 2.05) is 0 Å². The number of hydrogen-bond donors (Lipinski definition) is 1. The second-order valence-corrected chi connectivity index (χ2v) is 6.44. The highest BCUT2D eigenvalue weighted by Crippen LogP contribution is 2.20. The summed E-state index contributed by atoms with van der Waals surface area (Å²) in [7, 11) is 4.42. The van der Waals surface area contributed by atoms with E-state index < -0.39 is 0 Å². The quantitative estimate of drug-likeness (QED) is 0.670. The van der Waals surface area contributed by atoms with Crippen molar-refractivity contribution in [2.45, 2.75) is 52.1 Å². The van der Waals surface area contributed by atoms with Crippen LogP contribution in [0, 0.1) is 5.92 Å². The second-order valence-electron chi connectivity index (χ2n) is 6.44. The van der Waals surface area contributed by atoms with Crippen LogP contribution in [-0.4, -0.2) is 62.2 Å². The molecule has 18 heavy (non-hydrogen) atoms. The fraction of sp³-hybridized carbons (Fsp3) is 1.00. The maximum absolute atomic E-state index is 3.48. The van der Waals surface area contributed by atoms with Crippen LogP contribution in [0.3, 0.4) is 0 Å². The molecule has 3 heteroatoms. The molecule has 1 aliphatic rings. The summed E-state index contributed by atoms with van der Waals surface area (Å²) in [5.41, 5.74) is 0. The minimum Gasteiger partial charge on any atom is -0.315 e. The molecule has 0 saturated carbocycles. The van der Waals surface area contributed by atoms with Gasteiger partial charge in [-0.3, -0.25) is 0 Å². The predicted molar refractivity (Wildman–Crippen MR) is 80.1 cm³/mol. The Balaban J connectivity index is 2.04. The van der Waals surface area contributed by atoms with Crippen molar-refractivity contribution in [1.29, 1.82) is 0 Å². The van der Waals surface area contributed by atoms with Gasteiger partial charge in [0.2, 0.25) is 0 Å². The van der Waals surface area contributed by atoms with E-state index in [2.05, 4.69) is 50.0 Å². The Morgan fingerprint density at radius 2 is 1.89 bits per heavy atom. The molecule has 2 atom stereocenters. The van der Waals surface area contributed by atoms with E-state index in [4.69, 9.17) is 0 Å². The van der Waals surface area contributed by atoms with E-state index >= 15 is 0 Å². The Labute approximate surface area is 114 Å².